The summed E-state index contributed by atoms with van der Waals surface area (Å²) in [5, 5.41) is 8.93. The van der Waals surface area contributed by atoms with Gasteiger partial charge in [-0.05, 0) is 55.3 Å². The highest BCUT2D eigenvalue weighted by molar-refractivity contribution is 5.63. The van der Waals surface area contributed by atoms with Crippen LogP contribution in [0.5, 0.6) is 5.75 Å². The van der Waals surface area contributed by atoms with Gasteiger partial charge in [-0.15, -0.1) is 0 Å². The molecule has 0 saturated heterocycles. The first-order valence-electron chi connectivity index (χ1n) is 6.41. The second-order valence-electron chi connectivity index (χ2n) is 4.48. The highest BCUT2D eigenvalue weighted by atomic mass is 16.5. The molecule has 0 unspecified atom stereocenters. The summed E-state index contributed by atoms with van der Waals surface area (Å²) in [5.41, 5.74) is 2.67. The molecule has 4 nitrogen and oxygen atoms in total. The van der Waals surface area contributed by atoms with Gasteiger partial charge in [-0.25, -0.2) is 0 Å². The summed E-state index contributed by atoms with van der Waals surface area (Å²) >= 11 is 0. The number of hydrogen-bond donors (Lipinski definition) is 0. The molecule has 20 heavy (non-hydrogen) atoms. The van der Waals surface area contributed by atoms with Gasteiger partial charge in [-0.3, -0.25) is 4.79 Å². The summed E-state index contributed by atoms with van der Waals surface area (Å²) in [5.74, 6) is 0.813. The van der Waals surface area contributed by atoms with E-state index in [-0.39, 0.29) is 11.1 Å². The van der Waals surface area contributed by atoms with Gasteiger partial charge >= 0.3 is 0 Å². The molecule has 0 spiro atoms. The summed E-state index contributed by atoms with van der Waals surface area (Å²) in [6, 6.07) is 11.1. The fourth-order valence-corrected chi connectivity index (χ4v) is 2.27. The Bertz CT molecular complexity index is 739. The molecule has 0 radical (unpaired) electrons. The van der Waals surface area contributed by atoms with Gasteiger partial charge in [0.25, 0.3) is 5.56 Å². The molecule has 0 N–H and O–H groups in total. The zero-order chi connectivity index (χ0) is 14.7. The van der Waals surface area contributed by atoms with E-state index in [1.807, 2.05) is 44.2 Å². The predicted octanol–water partition coefficient (Wildman–Crippen LogP) is 2.72. The molecule has 2 aromatic rings. The van der Waals surface area contributed by atoms with Crippen LogP contribution in [-0.2, 0) is 6.54 Å². The fraction of sp³-hybridized carbons (Fsp3) is 0.250. The average Bonchev–Trinajstić information content (AvgIpc) is 2.46. The van der Waals surface area contributed by atoms with Crippen molar-refractivity contribution in [2.45, 2.75) is 20.4 Å². The average molecular weight is 268 g/mol. The maximum absolute atomic E-state index is 12.1. The van der Waals surface area contributed by atoms with E-state index in [4.69, 9.17) is 10.00 Å². The zero-order valence-electron chi connectivity index (χ0n) is 11.8. The van der Waals surface area contributed by atoms with Crippen molar-refractivity contribution in [3.05, 3.63) is 51.8 Å². The predicted molar refractivity (Wildman–Crippen MR) is 77.8 cm³/mol. The summed E-state index contributed by atoms with van der Waals surface area (Å²) in [6.07, 6.45) is 0. The minimum absolute atomic E-state index is 0.167. The fourth-order valence-electron chi connectivity index (χ4n) is 2.27. The van der Waals surface area contributed by atoms with Crippen molar-refractivity contribution < 1.29 is 4.74 Å². The summed E-state index contributed by atoms with van der Waals surface area (Å²) in [6.45, 7) is 4.37. The van der Waals surface area contributed by atoms with Gasteiger partial charge in [0.05, 0.1) is 12.8 Å². The minimum Gasteiger partial charge on any atom is -0.496 e. The number of ether oxygens (including phenoxy) is 1. The Morgan fingerprint density at radius 1 is 1.30 bits per heavy atom. The Labute approximate surface area is 117 Å². The van der Waals surface area contributed by atoms with Gasteiger partial charge < -0.3 is 9.30 Å². The Kier molecular flexibility index (Phi) is 3.90. The van der Waals surface area contributed by atoms with Crippen LogP contribution in [0.2, 0.25) is 0 Å². The van der Waals surface area contributed by atoms with E-state index in [9.17, 15) is 4.79 Å². The van der Waals surface area contributed by atoms with Crippen LogP contribution in [0.3, 0.4) is 0 Å². The molecule has 0 aliphatic rings. The van der Waals surface area contributed by atoms with Crippen molar-refractivity contribution in [3.63, 3.8) is 0 Å². The van der Waals surface area contributed by atoms with Crippen molar-refractivity contribution >= 4 is 0 Å². The Hall–Kier alpha value is -2.54. The number of rotatable bonds is 3. The Balaban J connectivity index is 2.65. The minimum atomic E-state index is -0.249. The topological polar surface area (TPSA) is 55.0 Å². The second-order valence-corrected chi connectivity index (χ2v) is 4.48. The summed E-state index contributed by atoms with van der Waals surface area (Å²) < 4.78 is 6.85. The third-order valence-electron chi connectivity index (χ3n) is 3.30. The lowest BCUT2D eigenvalue weighted by atomic mass is 10.1. The molecule has 1 heterocycles. The van der Waals surface area contributed by atoms with Gasteiger partial charge in [0, 0.05) is 6.54 Å². The standard InChI is InChI=1S/C16H16N2O2/c1-4-18-14(7-5-13(10-17)16(18)19)12-6-8-15(20-3)11(2)9-12/h5-9H,4H2,1-3H3. The SMILES string of the molecule is CCn1c(-c2ccc(OC)c(C)c2)ccc(C#N)c1=O. The first-order chi connectivity index (χ1) is 9.62. The number of hydrogen-bond acceptors (Lipinski definition) is 3. The van der Waals surface area contributed by atoms with Crippen LogP contribution in [0.15, 0.2) is 35.1 Å². The van der Waals surface area contributed by atoms with E-state index < -0.39 is 0 Å². The second kappa shape index (κ2) is 5.62. The number of pyridine rings is 1. The van der Waals surface area contributed by atoms with Crippen LogP contribution in [0, 0.1) is 18.3 Å². The van der Waals surface area contributed by atoms with Crippen molar-refractivity contribution in [2.24, 2.45) is 0 Å². The Morgan fingerprint density at radius 3 is 2.60 bits per heavy atom. The van der Waals surface area contributed by atoms with Crippen molar-refractivity contribution in [1.29, 1.82) is 5.26 Å². The van der Waals surface area contributed by atoms with Gasteiger partial charge in [0.1, 0.15) is 17.4 Å². The number of nitriles is 1. The molecule has 0 saturated carbocycles. The number of nitrogens with zero attached hydrogens (tertiary/aromatic N) is 2. The highest BCUT2D eigenvalue weighted by Crippen LogP contribution is 2.25. The lowest BCUT2D eigenvalue weighted by molar-refractivity contribution is 0.412. The molecule has 1 aromatic carbocycles. The molecule has 1 aromatic heterocycles. The van der Waals surface area contributed by atoms with E-state index in [2.05, 4.69) is 0 Å². The molecule has 0 atom stereocenters. The molecule has 0 bridgehead atoms. The molecular weight excluding hydrogens is 252 g/mol. The Morgan fingerprint density at radius 2 is 2.05 bits per heavy atom. The van der Waals surface area contributed by atoms with Crippen molar-refractivity contribution in [2.75, 3.05) is 7.11 Å². The third-order valence-corrected chi connectivity index (χ3v) is 3.30. The van der Waals surface area contributed by atoms with Gasteiger partial charge in [-0.1, -0.05) is 0 Å². The first kappa shape index (κ1) is 13.9. The van der Waals surface area contributed by atoms with E-state index in [1.165, 1.54) is 0 Å². The molecule has 4 heteroatoms. The molecule has 0 aliphatic carbocycles. The monoisotopic (exact) mass is 268 g/mol. The molecule has 0 amide bonds. The first-order valence-corrected chi connectivity index (χ1v) is 6.41. The molecule has 102 valence electrons. The molecule has 0 fully saturated rings. The van der Waals surface area contributed by atoms with Crippen LogP contribution in [0.25, 0.3) is 11.3 Å². The largest absolute Gasteiger partial charge is 0.496 e. The maximum Gasteiger partial charge on any atom is 0.268 e. The van der Waals surface area contributed by atoms with Gasteiger partial charge in [-0.2, -0.15) is 5.26 Å². The van der Waals surface area contributed by atoms with Gasteiger partial charge in [0.2, 0.25) is 0 Å². The highest BCUT2D eigenvalue weighted by Gasteiger charge is 2.10. The third kappa shape index (κ3) is 2.30. The van der Waals surface area contributed by atoms with E-state index in [1.54, 1.807) is 17.7 Å². The van der Waals surface area contributed by atoms with Crippen LogP contribution < -0.4 is 10.3 Å². The van der Waals surface area contributed by atoms with Crippen LogP contribution in [0.1, 0.15) is 18.1 Å². The summed E-state index contributed by atoms with van der Waals surface area (Å²) in [7, 11) is 1.63. The van der Waals surface area contributed by atoms with Crippen molar-refractivity contribution in [3.8, 4) is 23.1 Å². The maximum atomic E-state index is 12.1. The van der Waals surface area contributed by atoms with Crippen LogP contribution in [0.4, 0.5) is 0 Å². The quantitative estimate of drug-likeness (QED) is 0.860. The van der Waals surface area contributed by atoms with Crippen LogP contribution in [-0.4, -0.2) is 11.7 Å². The normalized spacial score (nSPS) is 10.1. The molecular formula is C16H16N2O2. The smallest absolute Gasteiger partial charge is 0.268 e. The van der Waals surface area contributed by atoms with E-state index in [0.717, 1.165) is 22.6 Å². The van der Waals surface area contributed by atoms with Gasteiger partial charge in [0.15, 0.2) is 0 Å². The molecule has 0 aliphatic heterocycles. The summed E-state index contributed by atoms with van der Waals surface area (Å²) in [4.78, 5) is 12.1. The number of benzene rings is 1. The van der Waals surface area contributed by atoms with Crippen LogP contribution >= 0.6 is 0 Å². The number of aryl methyl sites for hydroxylation is 1. The lowest BCUT2D eigenvalue weighted by Crippen LogP contribution is -2.23. The molecule has 2 rings (SSSR count). The van der Waals surface area contributed by atoms with E-state index in [0.29, 0.717) is 6.54 Å². The number of aromatic nitrogens is 1. The van der Waals surface area contributed by atoms with E-state index >= 15 is 0 Å². The van der Waals surface area contributed by atoms with Crippen molar-refractivity contribution in [1.82, 2.24) is 4.57 Å². The zero-order valence-corrected chi connectivity index (χ0v) is 11.8. The lowest BCUT2D eigenvalue weighted by Gasteiger charge is -2.13. The number of methoxy groups -OCH3 is 1.